The zero-order valence-electron chi connectivity index (χ0n) is 14.2. The molecule has 3 rings (SSSR count). The first-order valence-electron chi connectivity index (χ1n) is 8.07. The first-order chi connectivity index (χ1) is 13.0. The fraction of sp³-hybridized carbons (Fsp3) is 0.100. The van der Waals surface area contributed by atoms with Gasteiger partial charge in [-0.15, -0.1) is 0 Å². The number of carbonyl (C=O) groups excluding carboxylic acids is 2. The zero-order valence-corrected chi connectivity index (χ0v) is 15.0. The molecule has 1 amide bonds. The second kappa shape index (κ2) is 8.05. The highest BCUT2D eigenvalue weighted by molar-refractivity contribution is 6.33. The van der Waals surface area contributed by atoms with Gasteiger partial charge in [-0.05, 0) is 43.3 Å². The van der Waals surface area contributed by atoms with E-state index >= 15 is 0 Å². The summed E-state index contributed by atoms with van der Waals surface area (Å²) in [5.74, 6) is -1.80. The van der Waals surface area contributed by atoms with E-state index in [0.29, 0.717) is 10.7 Å². The Hall–Kier alpha value is -3.12. The third-order valence-electron chi connectivity index (χ3n) is 3.73. The summed E-state index contributed by atoms with van der Waals surface area (Å²) in [5, 5.41) is 2.94. The van der Waals surface area contributed by atoms with Gasteiger partial charge in [0.1, 0.15) is 11.6 Å². The molecule has 1 N–H and O–H groups in total. The van der Waals surface area contributed by atoms with E-state index in [1.807, 2.05) is 0 Å². The Kier molecular flexibility index (Phi) is 5.57. The molecule has 0 aliphatic rings. The number of anilines is 1. The fourth-order valence-electron chi connectivity index (χ4n) is 2.32. The Morgan fingerprint density at radius 2 is 1.78 bits per heavy atom. The molecule has 5 nitrogen and oxygen atoms in total. The Balaban J connectivity index is 1.66. The topological polar surface area (TPSA) is 68.5 Å². The Bertz CT molecular complexity index is 985. The number of hydrogen-bond donors (Lipinski definition) is 1. The molecule has 0 saturated heterocycles. The van der Waals surface area contributed by atoms with Crippen molar-refractivity contribution < 1.29 is 23.1 Å². The number of nitrogens with one attached hydrogen (secondary N) is 1. The van der Waals surface area contributed by atoms with Crippen LogP contribution in [0.4, 0.5) is 10.1 Å². The van der Waals surface area contributed by atoms with Crippen molar-refractivity contribution in [2.24, 2.45) is 0 Å². The third-order valence-corrected chi connectivity index (χ3v) is 4.06. The zero-order chi connectivity index (χ0) is 19.4. The third kappa shape index (κ3) is 4.35. The summed E-state index contributed by atoms with van der Waals surface area (Å²) < 4.78 is 24.3. The van der Waals surface area contributed by atoms with Crippen molar-refractivity contribution in [3.8, 4) is 11.3 Å². The quantitative estimate of drug-likeness (QED) is 0.631. The van der Waals surface area contributed by atoms with Crippen LogP contribution in [0.1, 0.15) is 17.5 Å². The van der Waals surface area contributed by atoms with Crippen LogP contribution in [0.25, 0.3) is 11.3 Å². The number of ether oxygens (including phenoxy) is 1. The molecule has 3 aromatic rings. The van der Waals surface area contributed by atoms with Crippen molar-refractivity contribution in [1.29, 1.82) is 0 Å². The van der Waals surface area contributed by atoms with Gasteiger partial charge >= 0.3 is 5.97 Å². The van der Waals surface area contributed by atoms with Crippen molar-refractivity contribution in [3.05, 3.63) is 77.3 Å². The van der Waals surface area contributed by atoms with Crippen LogP contribution < -0.4 is 5.32 Å². The summed E-state index contributed by atoms with van der Waals surface area (Å²) >= 11 is 5.98. The van der Waals surface area contributed by atoms with Crippen LogP contribution >= 0.6 is 11.6 Å². The van der Waals surface area contributed by atoms with Gasteiger partial charge in [-0.3, -0.25) is 4.79 Å². The van der Waals surface area contributed by atoms with E-state index in [4.69, 9.17) is 20.8 Å². The van der Waals surface area contributed by atoms with Gasteiger partial charge in [0.2, 0.25) is 5.76 Å². The lowest BCUT2D eigenvalue weighted by atomic mass is 10.1. The van der Waals surface area contributed by atoms with Gasteiger partial charge in [0.15, 0.2) is 6.10 Å². The maximum atomic E-state index is 13.8. The highest BCUT2D eigenvalue weighted by Gasteiger charge is 2.22. The Labute approximate surface area is 159 Å². The number of esters is 1. The van der Waals surface area contributed by atoms with Crippen LogP contribution in [-0.2, 0) is 9.53 Å². The normalized spacial score (nSPS) is 11.7. The first kappa shape index (κ1) is 18.7. The van der Waals surface area contributed by atoms with Crippen LogP contribution in [0.3, 0.4) is 0 Å². The predicted molar refractivity (Wildman–Crippen MR) is 99.1 cm³/mol. The number of benzene rings is 2. The average Bonchev–Trinajstić information content (AvgIpc) is 3.14. The highest BCUT2D eigenvalue weighted by atomic mass is 35.5. The molecule has 0 radical (unpaired) electrons. The van der Waals surface area contributed by atoms with Crippen LogP contribution in [-0.4, -0.2) is 18.0 Å². The van der Waals surface area contributed by atoms with Gasteiger partial charge in [0.25, 0.3) is 5.91 Å². The number of amides is 1. The molecule has 1 heterocycles. The monoisotopic (exact) mass is 387 g/mol. The fourth-order valence-corrected chi connectivity index (χ4v) is 2.51. The highest BCUT2D eigenvalue weighted by Crippen LogP contribution is 2.25. The van der Waals surface area contributed by atoms with Gasteiger partial charge in [-0.2, -0.15) is 0 Å². The molecular formula is C20H15ClFNO4. The van der Waals surface area contributed by atoms with E-state index in [9.17, 15) is 14.0 Å². The average molecular weight is 388 g/mol. The number of rotatable bonds is 5. The van der Waals surface area contributed by atoms with E-state index in [1.54, 1.807) is 36.4 Å². The molecule has 0 unspecified atom stereocenters. The molecule has 1 atom stereocenters. The molecule has 1 aromatic heterocycles. The maximum absolute atomic E-state index is 13.8. The predicted octanol–water partition coefficient (Wildman–Crippen LogP) is 4.92. The van der Waals surface area contributed by atoms with Crippen molar-refractivity contribution >= 4 is 29.2 Å². The van der Waals surface area contributed by atoms with Crippen LogP contribution in [0.2, 0.25) is 5.02 Å². The summed E-state index contributed by atoms with van der Waals surface area (Å²) in [5.41, 5.74) is 0.632. The van der Waals surface area contributed by atoms with Crippen LogP contribution in [0.5, 0.6) is 0 Å². The van der Waals surface area contributed by atoms with Crippen LogP contribution in [0, 0.1) is 5.82 Å². The molecule has 0 bridgehead atoms. The minimum absolute atomic E-state index is 0.134. The second-order valence-corrected chi connectivity index (χ2v) is 6.07. The van der Waals surface area contributed by atoms with Gasteiger partial charge in [0.05, 0.1) is 16.3 Å². The molecular weight excluding hydrogens is 373 g/mol. The molecule has 2 aromatic carbocycles. The summed E-state index contributed by atoms with van der Waals surface area (Å²) in [6, 6.07) is 15.5. The Morgan fingerprint density at radius 1 is 1.07 bits per heavy atom. The van der Waals surface area contributed by atoms with E-state index in [-0.39, 0.29) is 17.1 Å². The van der Waals surface area contributed by atoms with Crippen molar-refractivity contribution in [2.45, 2.75) is 13.0 Å². The number of halogens is 2. The van der Waals surface area contributed by atoms with Crippen molar-refractivity contribution in [2.75, 3.05) is 5.32 Å². The standard InChI is InChI=1S/C20H15ClFNO4/c1-12(19(24)23-16-9-5-3-7-14(16)21)26-20(25)18-11-10-17(27-18)13-6-2-4-8-15(13)22/h2-12H,1H3,(H,23,24)/t12-/m0/s1. The molecule has 0 saturated carbocycles. The molecule has 138 valence electrons. The van der Waals surface area contributed by atoms with Gasteiger partial charge in [-0.25, -0.2) is 9.18 Å². The largest absolute Gasteiger partial charge is 0.449 e. The lowest BCUT2D eigenvalue weighted by molar-refractivity contribution is -0.123. The number of para-hydroxylation sites is 1. The molecule has 7 heteroatoms. The lowest BCUT2D eigenvalue weighted by Gasteiger charge is -2.13. The number of furan rings is 1. The van der Waals surface area contributed by atoms with Gasteiger partial charge in [-0.1, -0.05) is 35.9 Å². The van der Waals surface area contributed by atoms with E-state index in [1.165, 1.54) is 31.2 Å². The summed E-state index contributed by atoms with van der Waals surface area (Å²) in [7, 11) is 0. The van der Waals surface area contributed by atoms with Crippen LogP contribution in [0.15, 0.2) is 65.1 Å². The van der Waals surface area contributed by atoms with Gasteiger partial charge < -0.3 is 14.5 Å². The van der Waals surface area contributed by atoms with Gasteiger partial charge in [0, 0.05) is 0 Å². The molecule has 0 aliphatic carbocycles. The van der Waals surface area contributed by atoms with Crippen molar-refractivity contribution in [1.82, 2.24) is 0 Å². The summed E-state index contributed by atoms with van der Waals surface area (Å²) in [6.07, 6.45) is -1.09. The first-order valence-corrected chi connectivity index (χ1v) is 8.44. The molecule has 0 spiro atoms. The SMILES string of the molecule is C[C@H](OC(=O)c1ccc(-c2ccccc2F)o1)C(=O)Nc1ccccc1Cl. The minimum Gasteiger partial charge on any atom is -0.449 e. The minimum atomic E-state index is -1.09. The van der Waals surface area contributed by atoms with E-state index in [0.717, 1.165) is 0 Å². The van der Waals surface area contributed by atoms with E-state index < -0.39 is 23.8 Å². The molecule has 0 fully saturated rings. The smallest absolute Gasteiger partial charge is 0.375 e. The number of hydrogen-bond acceptors (Lipinski definition) is 4. The summed E-state index contributed by atoms with van der Waals surface area (Å²) in [4.78, 5) is 24.4. The lowest BCUT2D eigenvalue weighted by Crippen LogP contribution is -2.30. The maximum Gasteiger partial charge on any atom is 0.375 e. The van der Waals surface area contributed by atoms with E-state index in [2.05, 4.69) is 5.32 Å². The summed E-state index contributed by atoms with van der Waals surface area (Å²) in [6.45, 7) is 1.42. The second-order valence-electron chi connectivity index (χ2n) is 5.66. The molecule has 0 aliphatic heterocycles. The van der Waals surface area contributed by atoms with Crippen molar-refractivity contribution in [3.63, 3.8) is 0 Å². The Morgan fingerprint density at radius 3 is 2.52 bits per heavy atom. The molecule has 27 heavy (non-hydrogen) atoms. The number of carbonyl (C=O) groups is 2.